The maximum absolute atomic E-state index is 14.2. The van der Waals surface area contributed by atoms with Gasteiger partial charge in [-0.3, -0.25) is 19.5 Å². The van der Waals surface area contributed by atoms with E-state index >= 15 is 0 Å². The number of carbonyl (C=O) groups excluding carboxylic acids is 3. The lowest BCUT2D eigenvalue weighted by Gasteiger charge is -2.27. The van der Waals surface area contributed by atoms with Gasteiger partial charge >= 0.3 is 6.03 Å². The smallest absolute Gasteiger partial charge is 0.324 e. The van der Waals surface area contributed by atoms with Gasteiger partial charge in [-0.1, -0.05) is 54.1 Å². The normalized spacial score (nSPS) is 11.3. The van der Waals surface area contributed by atoms with Gasteiger partial charge in [-0.2, -0.15) is 0 Å². The van der Waals surface area contributed by atoms with Gasteiger partial charge in [0.05, 0.1) is 6.61 Å². The number of pyridine rings is 1. The van der Waals surface area contributed by atoms with E-state index in [1.165, 1.54) is 0 Å². The van der Waals surface area contributed by atoms with Crippen LogP contribution < -0.4 is 21.1 Å². The van der Waals surface area contributed by atoms with Crippen molar-refractivity contribution in [3.05, 3.63) is 130 Å². The van der Waals surface area contributed by atoms with Gasteiger partial charge in [-0.05, 0) is 78.1 Å². The monoisotopic (exact) mass is 613 g/mol. The van der Waals surface area contributed by atoms with Gasteiger partial charge in [0.2, 0.25) is 0 Å². The molecule has 228 valence electrons. The lowest BCUT2D eigenvalue weighted by atomic mass is 10.0. The molecule has 4 aromatic rings. The summed E-state index contributed by atoms with van der Waals surface area (Å²) in [6.07, 6.45) is 3.90. The molecule has 4 rings (SSSR count). The van der Waals surface area contributed by atoms with E-state index < -0.39 is 23.9 Å². The fourth-order valence-electron chi connectivity index (χ4n) is 4.52. The molecule has 1 aromatic heterocycles. The molecule has 0 saturated heterocycles. The Morgan fingerprint density at radius 3 is 2.23 bits per heavy atom. The summed E-state index contributed by atoms with van der Waals surface area (Å²) in [4.78, 5) is 46.3. The number of amides is 4. The Morgan fingerprint density at radius 1 is 0.909 bits per heavy atom. The number of nitrogens with one attached hydrogen (secondary N) is 2. The molecule has 0 aliphatic rings. The highest BCUT2D eigenvalue weighted by Crippen LogP contribution is 2.16. The maximum atomic E-state index is 14.2. The minimum absolute atomic E-state index is 0.0824. The zero-order valence-electron chi connectivity index (χ0n) is 24.5. The molecule has 4 N–H and O–H groups in total. The fourth-order valence-corrected chi connectivity index (χ4v) is 4.65. The second-order valence-corrected chi connectivity index (χ2v) is 10.5. The van der Waals surface area contributed by atoms with E-state index in [0.717, 1.165) is 27.2 Å². The van der Waals surface area contributed by atoms with Crippen molar-refractivity contribution in [1.82, 2.24) is 20.5 Å². The van der Waals surface area contributed by atoms with Crippen molar-refractivity contribution in [2.75, 3.05) is 13.2 Å². The van der Waals surface area contributed by atoms with E-state index in [9.17, 15) is 14.4 Å². The minimum Gasteiger partial charge on any atom is -0.494 e. The van der Waals surface area contributed by atoms with Crippen LogP contribution >= 0.6 is 11.6 Å². The van der Waals surface area contributed by atoms with Crippen molar-refractivity contribution in [2.45, 2.75) is 38.9 Å². The highest BCUT2D eigenvalue weighted by molar-refractivity contribution is 6.30. The van der Waals surface area contributed by atoms with Gasteiger partial charge in [0, 0.05) is 49.0 Å². The Balaban J connectivity index is 1.58. The summed E-state index contributed by atoms with van der Waals surface area (Å²) < 4.78 is 5.55. The molecule has 0 saturated carbocycles. The summed E-state index contributed by atoms with van der Waals surface area (Å²) in [7, 11) is 0. The van der Waals surface area contributed by atoms with Crippen LogP contribution in [0.1, 0.15) is 39.5 Å². The molecule has 1 atom stereocenters. The van der Waals surface area contributed by atoms with Crippen molar-refractivity contribution >= 4 is 29.4 Å². The Morgan fingerprint density at radius 2 is 1.59 bits per heavy atom. The molecule has 3 aromatic carbocycles. The Bertz CT molecular complexity index is 1510. The van der Waals surface area contributed by atoms with Crippen LogP contribution in [-0.2, 0) is 30.7 Å². The predicted octanol–water partition coefficient (Wildman–Crippen LogP) is 4.91. The van der Waals surface area contributed by atoms with Gasteiger partial charge in [0.25, 0.3) is 11.8 Å². The Hall–Kier alpha value is -4.73. The molecule has 9 nitrogen and oxygen atoms in total. The minimum atomic E-state index is -1.04. The Kier molecular flexibility index (Phi) is 11.9. The first-order chi connectivity index (χ1) is 21.4. The number of urea groups is 1. The lowest BCUT2D eigenvalue weighted by Crippen LogP contribution is -2.54. The highest BCUT2D eigenvalue weighted by atomic mass is 35.5. The van der Waals surface area contributed by atoms with E-state index in [1.807, 2.05) is 61.5 Å². The third-order valence-corrected chi connectivity index (χ3v) is 7.20. The number of nitrogens with two attached hydrogens (primary N) is 1. The Labute approximate surface area is 262 Å². The van der Waals surface area contributed by atoms with Crippen molar-refractivity contribution in [2.24, 2.45) is 5.73 Å². The summed E-state index contributed by atoms with van der Waals surface area (Å²) in [5.74, 6) is -0.305. The first-order valence-corrected chi connectivity index (χ1v) is 14.8. The SMILES string of the molecule is CCOc1ccc(C[C@@H](NC(=O)c2ccc(Cl)cc2)C(=O)N(CCc2cccnc2)C(=O)NCc2ccc(CN)cc2)cc1. The first-order valence-electron chi connectivity index (χ1n) is 14.4. The molecule has 0 radical (unpaired) electrons. The molecule has 10 heteroatoms. The lowest BCUT2D eigenvalue weighted by molar-refractivity contribution is -0.130. The zero-order valence-corrected chi connectivity index (χ0v) is 25.3. The number of aromatic nitrogens is 1. The number of rotatable bonds is 13. The third kappa shape index (κ3) is 9.39. The quantitative estimate of drug-likeness (QED) is 0.197. The van der Waals surface area contributed by atoms with Gasteiger partial charge in [0.15, 0.2) is 0 Å². The molecule has 4 amide bonds. The number of hydrogen-bond acceptors (Lipinski definition) is 6. The highest BCUT2D eigenvalue weighted by Gasteiger charge is 2.30. The molecular formula is C34H36ClN5O4. The number of nitrogens with zero attached hydrogens (tertiary/aromatic N) is 2. The molecule has 0 bridgehead atoms. The van der Waals surface area contributed by atoms with Gasteiger partial charge in [-0.25, -0.2) is 4.79 Å². The van der Waals surface area contributed by atoms with Crippen LogP contribution in [0.25, 0.3) is 0 Å². The van der Waals surface area contributed by atoms with Crippen molar-refractivity contribution < 1.29 is 19.1 Å². The summed E-state index contributed by atoms with van der Waals surface area (Å²) in [6, 6.07) is 23.3. The van der Waals surface area contributed by atoms with Gasteiger partial charge in [-0.15, -0.1) is 0 Å². The van der Waals surface area contributed by atoms with E-state index in [2.05, 4.69) is 15.6 Å². The van der Waals surface area contributed by atoms with Gasteiger partial charge in [0.1, 0.15) is 11.8 Å². The summed E-state index contributed by atoms with van der Waals surface area (Å²) in [5, 5.41) is 6.20. The largest absolute Gasteiger partial charge is 0.494 e. The van der Waals surface area contributed by atoms with Crippen LogP contribution in [0.2, 0.25) is 5.02 Å². The number of halogens is 1. The van der Waals surface area contributed by atoms with Crippen molar-refractivity contribution in [3.63, 3.8) is 0 Å². The number of imide groups is 1. The van der Waals surface area contributed by atoms with Gasteiger partial charge < -0.3 is 21.1 Å². The van der Waals surface area contributed by atoms with Crippen LogP contribution in [0.4, 0.5) is 4.79 Å². The predicted molar refractivity (Wildman–Crippen MR) is 170 cm³/mol. The maximum Gasteiger partial charge on any atom is 0.324 e. The number of hydrogen-bond donors (Lipinski definition) is 3. The summed E-state index contributed by atoms with van der Waals surface area (Å²) in [6.45, 7) is 3.13. The number of ether oxygens (including phenoxy) is 1. The number of carbonyl (C=O) groups is 3. The average molecular weight is 614 g/mol. The summed E-state index contributed by atoms with van der Waals surface area (Å²) in [5.41, 5.74) is 9.52. The van der Waals surface area contributed by atoms with E-state index in [-0.39, 0.29) is 19.5 Å². The van der Waals surface area contributed by atoms with E-state index in [1.54, 1.807) is 42.7 Å². The van der Waals surface area contributed by atoms with Crippen LogP contribution in [0.5, 0.6) is 5.75 Å². The fraction of sp³-hybridized carbons (Fsp3) is 0.235. The van der Waals surface area contributed by atoms with Crippen LogP contribution in [-0.4, -0.2) is 46.9 Å². The molecule has 0 aliphatic carbocycles. The average Bonchev–Trinajstić information content (AvgIpc) is 3.05. The molecular weight excluding hydrogens is 578 g/mol. The number of benzene rings is 3. The molecule has 1 heterocycles. The molecule has 0 fully saturated rings. The molecule has 44 heavy (non-hydrogen) atoms. The molecule has 0 spiro atoms. The first kappa shape index (κ1) is 32.2. The van der Waals surface area contributed by atoms with E-state index in [4.69, 9.17) is 22.1 Å². The second kappa shape index (κ2) is 16.2. The standard InChI is InChI=1S/C34H36ClN5O4/c1-2-44-30-15-9-24(10-16-30)20-31(39-32(41)28-11-13-29(35)14-12-28)33(42)40(19-17-26-4-3-18-37-22-26)34(43)38-23-27-7-5-25(21-36)6-8-27/h3-16,18,22,31H,2,17,19-21,23,36H2,1H3,(H,38,43)(H,39,41)/t31-/m1/s1. The molecule has 0 unspecified atom stereocenters. The van der Waals surface area contributed by atoms with Crippen LogP contribution in [0.3, 0.4) is 0 Å². The second-order valence-electron chi connectivity index (χ2n) is 10.1. The van der Waals surface area contributed by atoms with Crippen molar-refractivity contribution in [3.8, 4) is 5.75 Å². The van der Waals surface area contributed by atoms with Crippen molar-refractivity contribution in [1.29, 1.82) is 0 Å². The zero-order chi connectivity index (χ0) is 31.3. The third-order valence-electron chi connectivity index (χ3n) is 6.94. The summed E-state index contributed by atoms with van der Waals surface area (Å²) >= 11 is 6.01. The van der Waals surface area contributed by atoms with Crippen LogP contribution in [0, 0.1) is 0 Å². The molecule has 0 aliphatic heterocycles. The van der Waals surface area contributed by atoms with E-state index in [0.29, 0.717) is 35.9 Å². The van der Waals surface area contributed by atoms with Crippen LogP contribution in [0.15, 0.2) is 97.3 Å². The topological polar surface area (TPSA) is 127 Å².